The predicted octanol–water partition coefficient (Wildman–Crippen LogP) is 3.92. The predicted molar refractivity (Wildman–Crippen MR) is 84.8 cm³/mol. The van der Waals surface area contributed by atoms with Crippen molar-refractivity contribution in [1.82, 2.24) is 0 Å². The van der Waals surface area contributed by atoms with E-state index in [1.54, 1.807) is 5.56 Å². The second kappa shape index (κ2) is 6.23. The quantitative estimate of drug-likeness (QED) is 0.890. The zero-order valence-electron chi connectivity index (χ0n) is 12.0. The fraction of sp³-hybridized carbons (Fsp3) is 0.368. The highest BCUT2D eigenvalue weighted by Gasteiger charge is 2.28. The van der Waals surface area contributed by atoms with Gasteiger partial charge in [-0.1, -0.05) is 54.6 Å². The van der Waals surface area contributed by atoms with E-state index in [0.29, 0.717) is 5.92 Å². The highest BCUT2D eigenvalue weighted by atomic mass is 14.5. The molecule has 2 N–H and O–H groups in total. The van der Waals surface area contributed by atoms with Gasteiger partial charge in [-0.15, -0.1) is 0 Å². The molecular weight excluding hydrogens is 242 g/mol. The lowest BCUT2D eigenvalue weighted by atomic mass is 9.71. The summed E-state index contributed by atoms with van der Waals surface area (Å²) in [6.45, 7) is 0.782. The van der Waals surface area contributed by atoms with Crippen molar-refractivity contribution < 1.29 is 0 Å². The molecule has 0 bridgehead atoms. The minimum Gasteiger partial charge on any atom is -0.330 e. The zero-order chi connectivity index (χ0) is 13.8. The van der Waals surface area contributed by atoms with Gasteiger partial charge >= 0.3 is 0 Å². The number of hydrogen-bond donors (Lipinski definition) is 1. The molecule has 0 saturated carbocycles. The molecule has 3 rings (SSSR count). The number of hydrogen-bond acceptors (Lipinski definition) is 1. The molecule has 104 valence electrons. The molecule has 0 saturated heterocycles. The van der Waals surface area contributed by atoms with E-state index < -0.39 is 0 Å². The van der Waals surface area contributed by atoms with Crippen LogP contribution in [-0.4, -0.2) is 6.54 Å². The van der Waals surface area contributed by atoms with E-state index in [1.807, 2.05) is 0 Å². The number of benzene rings is 2. The Labute approximate surface area is 121 Å². The maximum Gasteiger partial charge on any atom is -0.00713 e. The van der Waals surface area contributed by atoms with Gasteiger partial charge in [-0.25, -0.2) is 0 Å². The molecule has 0 heterocycles. The van der Waals surface area contributed by atoms with E-state index in [0.717, 1.165) is 18.9 Å². The zero-order valence-corrected chi connectivity index (χ0v) is 12.0. The van der Waals surface area contributed by atoms with Crippen LogP contribution in [0.5, 0.6) is 0 Å². The molecule has 20 heavy (non-hydrogen) atoms. The van der Waals surface area contributed by atoms with E-state index >= 15 is 0 Å². The van der Waals surface area contributed by atoms with Crippen molar-refractivity contribution in [2.75, 3.05) is 6.54 Å². The molecule has 1 heteroatoms. The first-order valence-corrected chi connectivity index (χ1v) is 7.70. The van der Waals surface area contributed by atoms with Crippen LogP contribution in [0.3, 0.4) is 0 Å². The van der Waals surface area contributed by atoms with Gasteiger partial charge in [0.05, 0.1) is 0 Å². The molecule has 0 aromatic heterocycles. The number of aryl methyl sites for hydroxylation is 1. The minimum atomic E-state index is 0.630. The highest BCUT2D eigenvalue weighted by Crippen LogP contribution is 2.39. The third-order valence-corrected chi connectivity index (χ3v) is 4.63. The molecule has 1 aliphatic carbocycles. The Bertz CT molecular complexity index is 547. The summed E-state index contributed by atoms with van der Waals surface area (Å²) in [6.07, 6.45) is 4.79. The molecular formula is C19H23N. The van der Waals surface area contributed by atoms with Crippen LogP contribution in [0.2, 0.25) is 0 Å². The van der Waals surface area contributed by atoms with Crippen LogP contribution in [0.4, 0.5) is 0 Å². The van der Waals surface area contributed by atoms with E-state index in [-0.39, 0.29) is 0 Å². The average molecular weight is 265 g/mol. The largest absolute Gasteiger partial charge is 0.330 e. The lowest BCUT2D eigenvalue weighted by Gasteiger charge is -2.34. The van der Waals surface area contributed by atoms with E-state index in [9.17, 15) is 0 Å². The summed E-state index contributed by atoms with van der Waals surface area (Å²) >= 11 is 0. The summed E-state index contributed by atoms with van der Waals surface area (Å²) in [7, 11) is 0. The Hall–Kier alpha value is -1.60. The first-order valence-electron chi connectivity index (χ1n) is 7.70. The monoisotopic (exact) mass is 265 g/mol. The summed E-state index contributed by atoms with van der Waals surface area (Å²) in [5.74, 6) is 1.36. The summed E-state index contributed by atoms with van der Waals surface area (Å²) < 4.78 is 0. The molecule has 0 spiro atoms. The van der Waals surface area contributed by atoms with Crippen molar-refractivity contribution in [3.8, 4) is 0 Å². The Morgan fingerprint density at radius 2 is 1.70 bits per heavy atom. The van der Waals surface area contributed by atoms with Gasteiger partial charge < -0.3 is 5.73 Å². The first-order chi connectivity index (χ1) is 9.88. The van der Waals surface area contributed by atoms with Crippen molar-refractivity contribution in [3.05, 3.63) is 71.3 Å². The lowest BCUT2D eigenvalue weighted by molar-refractivity contribution is 0.355. The Morgan fingerprint density at radius 3 is 2.50 bits per heavy atom. The normalized spacial score (nSPS) is 21.4. The van der Waals surface area contributed by atoms with Crippen molar-refractivity contribution in [2.24, 2.45) is 11.7 Å². The van der Waals surface area contributed by atoms with Crippen LogP contribution < -0.4 is 5.73 Å². The average Bonchev–Trinajstić information content (AvgIpc) is 2.51. The van der Waals surface area contributed by atoms with Crippen molar-refractivity contribution in [3.63, 3.8) is 0 Å². The van der Waals surface area contributed by atoms with Crippen LogP contribution in [0, 0.1) is 5.92 Å². The van der Waals surface area contributed by atoms with Crippen LogP contribution in [0.15, 0.2) is 54.6 Å². The van der Waals surface area contributed by atoms with Gasteiger partial charge in [0.2, 0.25) is 0 Å². The van der Waals surface area contributed by atoms with E-state index in [4.69, 9.17) is 5.73 Å². The molecule has 0 radical (unpaired) electrons. The summed E-state index contributed by atoms with van der Waals surface area (Å²) in [6, 6.07) is 19.8. The molecule has 0 fully saturated rings. The van der Waals surface area contributed by atoms with Crippen LogP contribution in [0.1, 0.15) is 35.4 Å². The maximum absolute atomic E-state index is 5.87. The van der Waals surface area contributed by atoms with Crippen molar-refractivity contribution >= 4 is 0 Å². The fourth-order valence-corrected chi connectivity index (χ4v) is 3.65. The summed E-state index contributed by atoms with van der Waals surface area (Å²) in [5.41, 5.74) is 10.4. The fourth-order valence-electron chi connectivity index (χ4n) is 3.65. The van der Waals surface area contributed by atoms with Crippen molar-refractivity contribution in [1.29, 1.82) is 0 Å². The Kier molecular flexibility index (Phi) is 4.17. The molecule has 0 amide bonds. The smallest absolute Gasteiger partial charge is 0.00713 e. The SMILES string of the molecule is NCC[C@@H]1c2ccccc2CC[C@H]1Cc1ccccc1. The molecule has 1 aliphatic rings. The first kappa shape index (κ1) is 13.4. The molecule has 2 atom stereocenters. The molecule has 0 aliphatic heterocycles. The Balaban J connectivity index is 1.84. The van der Waals surface area contributed by atoms with Crippen LogP contribution in [0.25, 0.3) is 0 Å². The van der Waals surface area contributed by atoms with Gasteiger partial charge in [0.15, 0.2) is 0 Å². The molecule has 1 nitrogen and oxygen atoms in total. The topological polar surface area (TPSA) is 26.0 Å². The molecule has 0 unspecified atom stereocenters. The van der Waals surface area contributed by atoms with E-state index in [1.165, 1.54) is 30.4 Å². The Morgan fingerprint density at radius 1 is 0.950 bits per heavy atom. The number of rotatable bonds is 4. The second-order valence-corrected chi connectivity index (χ2v) is 5.87. The number of fused-ring (bicyclic) bond motifs is 1. The van der Waals surface area contributed by atoms with Gasteiger partial charge in [0.25, 0.3) is 0 Å². The van der Waals surface area contributed by atoms with Crippen molar-refractivity contribution in [2.45, 2.75) is 31.6 Å². The standard InChI is InChI=1S/C19H23N/c20-13-12-19-17(14-15-6-2-1-3-7-15)11-10-16-8-4-5-9-18(16)19/h1-9,17,19H,10-14,20H2/t17-,19-/m0/s1. The maximum atomic E-state index is 5.87. The molecule has 2 aromatic carbocycles. The molecule has 2 aromatic rings. The van der Waals surface area contributed by atoms with Gasteiger partial charge in [-0.2, -0.15) is 0 Å². The second-order valence-electron chi connectivity index (χ2n) is 5.87. The summed E-state index contributed by atoms with van der Waals surface area (Å²) in [5, 5.41) is 0. The van der Waals surface area contributed by atoms with E-state index in [2.05, 4.69) is 54.6 Å². The van der Waals surface area contributed by atoms with Gasteiger partial charge in [-0.3, -0.25) is 0 Å². The van der Waals surface area contributed by atoms with Crippen LogP contribution in [-0.2, 0) is 12.8 Å². The van der Waals surface area contributed by atoms with Gasteiger partial charge in [0, 0.05) is 0 Å². The van der Waals surface area contributed by atoms with Crippen LogP contribution >= 0.6 is 0 Å². The highest BCUT2D eigenvalue weighted by molar-refractivity contribution is 5.34. The lowest BCUT2D eigenvalue weighted by Crippen LogP contribution is -2.24. The van der Waals surface area contributed by atoms with Gasteiger partial charge in [0.1, 0.15) is 0 Å². The third kappa shape index (κ3) is 2.78. The van der Waals surface area contributed by atoms with Gasteiger partial charge in [-0.05, 0) is 60.8 Å². The third-order valence-electron chi connectivity index (χ3n) is 4.63. The summed E-state index contributed by atoms with van der Waals surface area (Å²) in [4.78, 5) is 0. The number of nitrogens with two attached hydrogens (primary N) is 1. The minimum absolute atomic E-state index is 0.630.